The number of alkyl carbamates (subject to hydrolysis) is 1. The Morgan fingerprint density at radius 2 is 1.93 bits per heavy atom. The van der Waals surface area contributed by atoms with E-state index in [9.17, 15) is 9.59 Å². The van der Waals surface area contributed by atoms with Crippen molar-refractivity contribution in [3.8, 4) is 0 Å². The lowest BCUT2D eigenvalue weighted by atomic mass is 10.4. The van der Waals surface area contributed by atoms with Crippen LogP contribution in [0.3, 0.4) is 0 Å². The largest absolute Gasteiger partial charge is 0.479 e. The molecule has 15 heavy (non-hydrogen) atoms. The van der Waals surface area contributed by atoms with Gasteiger partial charge in [0.15, 0.2) is 6.10 Å². The van der Waals surface area contributed by atoms with Gasteiger partial charge < -0.3 is 20.3 Å². The number of amides is 1. The second kappa shape index (κ2) is 6.22. The third-order valence-electron chi connectivity index (χ3n) is 1.09. The number of aliphatic hydroxyl groups excluding tert-OH is 1. The lowest BCUT2D eigenvalue weighted by molar-refractivity contribution is -0.146. The average Bonchev–Trinajstić information content (AvgIpc) is 2.09. The van der Waals surface area contributed by atoms with Crippen molar-refractivity contribution in [2.45, 2.75) is 9.90 Å². The highest BCUT2D eigenvalue weighted by atomic mass is 35.6. The Balaban J connectivity index is 3.72. The monoisotopic (exact) mass is 279 g/mol. The molecule has 0 bridgehead atoms. The van der Waals surface area contributed by atoms with E-state index in [1.165, 1.54) is 0 Å². The number of hydrogen-bond donors (Lipinski definition) is 3. The van der Waals surface area contributed by atoms with Crippen LogP contribution in [0.2, 0.25) is 0 Å². The van der Waals surface area contributed by atoms with Crippen LogP contribution in [-0.2, 0) is 9.53 Å². The quantitative estimate of drug-likeness (QED) is 0.653. The maximum absolute atomic E-state index is 10.8. The second-order valence-corrected chi connectivity index (χ2v) is 4.94. The van der Waals surface area contributed by atoms with Gasteiger partial charge in [-0.15, -0.1) is 0 Å². The van der Waals surface area contributed by atoms with Crippen molar-refractivity contribution in [2.75, 3.05) is 13.2 Å². The first kappa shape index (κ1) is 14.6. The van der Waals surface area contributed by atoms with Gasteiger partial charge in [-0.1, -0.05) is 34.8 Å². The first-order valence-electron chi connectivity index (χ1n) is 3.60. The predicted octanol–water partition coefficient (Wildman–Crippen LogP) is 0.528. The second-order valence-electron chi connectivity index (χ2n) is 2.43. The van der Waals surface area contributed by atoms with Gasteiger partial charge in [-0.25, -0.2) is 9.59 Å². The highest BCUT2D eigenvalue weighted by Crippen LogP contribution is 2.25. The van der Waals surface area contributed by atoms with E-state index in [1.807, 2.05) is 5.32 Å². The zero-order chi connectivity index (χ0) is 12.1. The Kier molecular flexibility index (Phi) is 6.04. The van der Waals surface area contributed by atoms with Gasteiger partial charge in [0.1, 0.15) is 6.61 Å². The normalized spacial score (nSPS) is 13.1. The van der Waals surface area contributed by atoms with Gasteiger partial charge in [0.25, 0.3) is 0 Å². The average molecular weight is 280 g/mol. The zero-order valence-corrected chi connectivity index (χ0v) is 9.51. The number of aliphatic carboxylic acids is 1. The summed E-state index contributed by atoms with van der Waals surface area (Å²) < 4.78 is 2.65. The molecule has 0 aliphatic carbocycles. The van der Waals surface area contributed by atoms with E-state index < -0.39 is 35.1 Å². The highest BCUT2D eigenvalue weighted by Gasteiger charge is 2.22. The van der Waals surface area contributed by atoms with Crippen molar-refractivity contribution in [3.05, 3.63) is 0 Å². The number of nitrogens with one attached hydrogen (secondary N) is 1. The van der Waals surface area contributed by atoms with Gasteiger partial charge in [-0.05, 0) is 0 Å². The smallest absolute Gasteiger partial charge is 0.407 e. The van der Waals surface area contributed by atoms with Crippen LogP contribution in [0.25, 0.3) is 0 Å². The summed E-state index contributed by atoms with van der Waals surface area (Å²) in [6.07, 6.45) is -2.69. The van der Waals surface area contributed by atoms with E-state index in [-0.39, 0.29) is 0 Å². The number of carbonyl (C=O) groups excluding carboxylic acids is 1. The maximum atomic E-state index is 10.8. The summed E-state index contributed by atoms with van der Waals surface area (Å²) in [7, 11) is 0. The lowest BCUT2D eigenvalue weighted by Crippen LogP contribution is -2.37. The van der Waals surface area contributed by atoms with Gasteiger partial charge in [0.05, 0.1) is 6.54 Å². The van der Waals surface area contributed by atoms with Crippen LogP contribution in [0.1, 0.15) is 0 Å². The molecule has 0 aliphatic heterocycles. The van der Waals surface area contributed by atoms with Crippen LogP contribution in [0.15, 0.2) is 0 Å². The molecule has 0 fully saturated rings. The lowest BCUT2D eigenvalue weighted by Gasteiger charge is -2.12. The van der Waals surface area contributed by atoms with E-state index in [0.717, 1.165) is 0 Å². The fourth-order valence-electron chi connectivity index (χ4n) is 0.466. The molecule has 0 spiro atoms. The summed E-state index contributed by atoms with van der Waals surface area (Å²) in [4.78, 5) is 20.9. The summed E-state index contributed by atoms with van der Waals surface area (Å²) in [6, 6.07) is 0. The van der Waals surface area contributed by atoms with E-state index >= 15 is 0 Å². The molecule has 0 aliphatic rings. The van der Waals surface area contributed by atoms with Crippen molar-refractivity contribution < 1.29 is 24.5 Å². The minimum atomic E-state index is -1.73. The van der Waals surface area contributed by atoms with Crippen molar-refractivity contribution in [1.29, 1.82) is 0 Å². The fourth-order valence-corrected chi connectivity index (χ4v) is 0.629. The van der Waals surface area contributed by atoms with Crippen LogP contribution in [0.4, 0.5) is 4.79 Å². The molecule has 88 valence electrons. The van der Waals surface area contributed by atoms with Gasteiger partial charge in [-0.3, -0.25) is 0 Å². The molecule has 3 N–H and O–H groups in total. The predicted molar refractivity (Wildman–Crippen MR) is 53.3 cm³/mol. The van der Waals surface area contributed by atoms with Gasteiger partial charge in [0.2, 0.25) is 3.79 Å². The van der Waals surface area contributed by atoms with Gasteiger partial charge >= 0.3 is 12.1 Å². The Morgan fingerprint density at radius 3 is 2.33 bits per heavy atom. The molecule has 0 heterocycles. The maximum Gasteiger partial charge on any atom is 0.407 e. The van der Waals surface area contributed by atoms with Crippen molar-refractivity contribution >= 4 is 46.9 Å². The third-order valence-corrected chi connectivity index (χ3v) is 1.42. The van der Waals surface area contributed by atoms with Crippen LogP contribution < -0.4 is 5.32 Å². The molecule has 0 saturated heterocycles. The summed E-state index contributed by atoms with van der Waals surface area (Å²) >= 11 is 15.8. The summed E-state index contributed by atoms with van der Waals surface area (Å²) in [5, 5.41) is 19.0. The fraction of sp³-hybridized carbons (Fsp3) is 0.667. The number of carbonyl (C=O) groups is 2. The van der Waals surface area contributed by atoms with E-state index in [4.69, 9.17) is 45.0 Å². The summed E-state index contributed by atoms with van der Waals surface area (Å²) in [6.45, 7) is -0.972. The molecule has 0 aromatic heterocycles. The Hall–Kier alpha value is -0.430. The standard InChI is InChI=1S/C6H8Cl3NO5/c7-6(8,9)2-15-5(14)10-1-3(11)4(12)13/h3,11H,1-2H2,(H,10,14)(H,12,13)/t3-/m1/s1. The molecule has 0 aromatic carbocycles. The number of carboxylic acids is 1. The highest BCUT2D eigenvalue weighted by molar-refractivity contribution is 6.67. The number of alkyl halides is 3. The van der Waals surface area contributed by atoms with Crippen LogP contribution in [0, 0.1) is 0 Å². The summed E-state index contributed by atoms with van der Waals surface area (Å²) in [5.74, 6) is -1.46. The van der Waals surface area contributed by atoms with E-state index in [0.29, 0.717) is 0 Å². The van der Waals surface area contributed by atoms with E-state index in [2.05, 4.69) is 4.74 Å². The molecule has 0 saturated carbocycles. The van der Waals surface area contributed by atoms with Crippen molar-refractivity contribution in [2.24, 2.45) is 0 Å². The number of carboxylic acid groups (broad SMARTS) is 1. The third kappa shape index (κ3) is 8.56. The van der Waals surface area contributed by atoms with Crippen molar-refractivity contribution in [3.63, 3.8) is 0 Å². The number of halogens is 3. The molecule has 9 heteroatoms. The molecule has 0 unspecified atom stereocenters. The molecule has 1 atom stereocenters. The minimum Gasteiger partial charge on any atom is -0.479 e. The molecule has 1 amide bonds. The van der Waals surface area contributed by atoms with Gasteiger partial charge in [-0.2, -0.15) is 0 Å². The zero-order valence-electron chi connectivity index (χ0n) is 7.24. The molecule has 0 rings (SSSR count). The minimum absolute atomic E-state index is 0.479. The topological polar surface area (TPSA) is 95.9 Å². The molecule has 0 aromatic rings. The SMILES string of the molecule is O=C(NC[C@@H](O)C(=O)O)OCC(Cl)(Cl)Cl. The first-order chi connectivity index (χ1) is 6.72. The van der Waals surface area contributed by atoms with Crippen molar-refractivity contribution in [1.82, 2.24) is 5.32 Å². The molecule has 6 nitrogen and oxygen atoms in total. The van der Waals surface area contributed by atoms with Crippen LogP contribution >= 0.6 is 34.8 Å². The number of hydrogen-bond acceptors (Lipinski definition) is 4. The number of ether oxygens (including phenoxy) is 1. The Labute approximate surface area is 100 Å². The number of rotatable bonds is 4. The molecular formula is C6H8Cl3NO5. The van der Waals surface area contributed by atoms with Gasteiger partial charge in [0, 0.05) is 0 Å². The molecular weight excluding hydrogens is 272 g/mol. The molecule has 0 radical (unpaired) electrons. The first-order valence-corrected chi connectivity index (χ1v) is 4.74. The van der Waals surface area contributed by atoms with E-state index in [1.54, 1.807) is 0 Å². The summed E-state index contributed by atoms with van der Waals surface area (Å²) in [5.41, 5.74) is 0. The number of aliphatic hydroxyl groups is 1. The van der Waals surface area contributed by atoms with Crippen LogP contribution in [0.5, 0.6) is 0 Å². The Morgan fingerprint density at radius 1 is 1.40 bits per heavy atom. The Bertz CT molecular complexity index is 241. The van der Waals surface area contributed by atoms with Crippen LogP contribution in [-0.4, -0.2) is 45.3 Å².